The van der Waals surface area contributed by atoms with E-state index in [9.17, 15) is 34.4 Å². The summed E-state index contributed by atoms with van der Waals surface area (Å²) >= 11 is 0. The highest BCUT2D eigenvalue weighted by atomic mass is 16.7. The third-order valence-electron chi connectivity index (χ3n) is 4.67. The van der Waals surface area contributed by atoms with Gasteiger partial charge in [0.05, 0.1) is 4.92 Å². The lowest BCUT2D eigenvalue weighted by molar-refractivity contribution is -0.384. The lowest BCUT2D eigenvalue weighted by Gasteiger charge is -2.47. The number of hydrogen-bond donors (Lipinski definition) is 1. The third-order valence-corrected chi connectivity index (χ3v) is 4.67. The monoisotopic (exact) mass is 468 g/mol. The number of carbonyl (C=O) groups is 4. The van der Waals surface area contributed by atoms with Crippen molar-refractivity contribution in [3.05, 3.63) is 34.4 Å². The van der Waals surface area contributed by atoms with Crippen LogP contribution >= 0.6 is 0 Å². The first-order valence-corrected chi connectivity index (χ1v) is 9.78. The number of aliphatic hydroxyl groups excluding tert-OH is 1. The van der Waals surface area contributed by atoms with E-state index in [1.807, 2.05) is 0 Å². The summed E-state index contributed by atoms with van der Waals surface area (Å²) in [7, 11) is 0. The van der Waals surface area contributed by atoms with Crippen LogP contribution in [0.15, 0.2) is 24.3 Å². The number of anilines is 1. The molecule has 13 heteroatoms. The minimum atomic E-state index is -1.78. The van der Waals surface area contributed by atoms with Gasteiger partial charge in [0.1, 0.15) is 18.8 Å². The van der Waals surface area contributed by atoms with Gasteiger partial charge in [-0.05, 0) is 12.1 Å². The zero-order valence-electron chi connectivity index (χ0n) is 18.3. The number of ether oxygens (including phenoxy) is 4. The smallest absolute Gasteiger partial charge is 0.303 e. The summed E-state index contributed by atoms with van der Waals surface area (Å²) in [5.74, 6) is -2.90. The van der Waals surface area contributed by atoms with Gasteiger partial charge in [-0.2, -0.15) is 0 Å². The highest BCUT2D eigenvalue weighted by molar-refractivity contribution is 5.92. The van der Waals surface area contributed by atoms with Gasteiger partial charge in [0.2, 0.25) is 5.91 Å². The second-order valence-corrected chi connectivity index (χ2v) is 7.17. The van der Waals surface area contributed by atoms with E-state index in [1.54, 1.807) is 0 Å². The maximum Gasteiger partial charge on any atom is 0.303 e. The molecule has 0 spiro atoms. The Morgan fingerprint density at radius 2 is 1.55 bits per heavy atom. The van der Waals surface area contributed by atoms with Crippen LogP contribution < -0.4 is 4.90 Å². The molecule has 0 radical (unpaired) electrons. The van der Waals surface area contributed by atoms with Gasteiger partial charge < -0.3 is 29.0 Å². The number of esters is 3. The van der Waals surface area contributed by atoms with Crippen LogP contribution in [0.5, 0.6) is 0 Å². The molecule has 0 saturated carbocycles. The van der Waals surface area contributed by atoms with E-state index in [1.165, 1.54) is 19.1 Å². The summed E-state index contributed by atoms with van der Waals surface area (Å²) in [4.78, 5) is 59.1. The molecule has 5 atom stereocenters. The number of amides is 1. The molecule has 0 unspecified atom stereocenters. The van der Waals surface area contributed by atoms with Crippen molar-refractivity contribution >= 4 is 35.2 Å². The van der Waals surface area contributed by atoms with Crippen molar-refractivity contribution in [2.24, 2.45) is 0 Å². The molecule has 1 aromatic carbocycles. The molecule has 1 aliphatic rings. The zero-order chi connectivity index (χ0) is 24.9. The van der Waals surface area contributed by atoms with Crippen molar-refractivity contribution in [1.82, 2.24) is 0 Å². The number of carbonyl (C=O) groups excluding carboxylic acids is 4. The molecule has 13 nitrogen and oxygen atoms in total. The van der Waals surface area contributed by atoms with Crippen LogP contribution in [0, 0.1) is 10.1 Å². The van der Waals surface area contributed by atoms with Gasteiger partial charge in [-0.15, -0.1) is 0 Å². The maximum absolute atomic E-state index is 12.7. The van der Waals surface area contributed by atoms with Crippen LogP contribution in [0.2, 0.25) is 0 Å². The van der Waals surface area contributed by atoms with Gasteiger partial charge in [0.25, 0.3) is 5.69 Å². The number of nitro benzene ring substituents is 1. The lowest BCUT2D eigenvalue weighted by atomic mass is 9.93. The van der Waals surface area contributed by atoms with Gasteiger partial charge in [-0.3, -0.25) is 29.3 Å². The molecule has 0 bridgehead atoms. The number of hydrogen-bond acceptors (Lipinski definition) is 11. The lowest BCUT2D eigenvalue weighted by Crippen LogP contribution is -2.67. The summed E-state index contributed by atoms with van der Waals surface area (Å²) in [5, 5.41) is 21.4. The number of nitro groups is 1. The Hall–Kier alpha value is -3.58. The highest BCUT2D eigenvalue weighted by Gasteiger charge is 2.53. The number of nitrogens with zero attached hydrogens (tertiary/aromatic N) is 2. The number of aliphatic hydroxyl groups is 1. The molecule has 2 rings (SSSR count). The van der Waals surface area contributed by atoms with Crippen LogP contribution in [0.25, 0.3) is 0 Å². The molecule has 1 heterocycles. The van der Waals surface area contributed by atoms with Crippen LogP contribution in [0.3, 0.4) is 0 Å². The summed E-state index contributed by atoms with van der Waals surface area (Å²) in [6.45, 7) is 4.02. The first-order valence-electron chi connectivity index (χ1n) is 9.78. The van der Waals surface area contributed by atoms with E-state index >= 15 is 0 Å². The summed E-state index contributed by atoms with van der Waals surface area (Å²) in [5.41, 5.74) is -0.0759. The largest absolute Gasteiger partial charge is 0.463 e. The number of non-ortho nitro benzene ring substituents is 1. The van der Waals surface area contributed by atoms with E-state index in [2.05, 4.69) is 0 Å². The van der Waals surface area contributed by atoms with E-state index in [0.717, 1.165) is 37.8 Å². The van der Waals surface area contributed by atoms with Gasteiger partial charge >= 0.3 is 17.9 Å². The Balaban J connectivity index is 2.61. The average Bonchev–Trinajstić information content (AvgIpc) is 2.70. The zero-order valence-corrected chi connectivity index (χ0v) is 18.3. The van der Waals surface area contributed by atoms with Gasteiger partial charge in [0.15, 0.2) is 18.5 Å². The van der Waals surface area contributed by atoms with Crippen LogP contribution in [-0.2, 0) is 38.1 Å². The molecular weight excluding hydrogens is 444 g/mol. The normalized spacial score (nSPS) is 24.3. The van der Waals surface area contributed by atoms with Crippen molar-refractivity contribution in [3.8, 4) is 0 Å². The third kappa shape index (κ3) is 6.46. The molecule has 1 saturated heterocycles. The fourth-order valence-electron chi connectivity index (χ4n) is 3.50. The molecule has 1 aromatic rings. The molecular formula is C20H24N2O11. The van der Waals surface area contributed by atoms with E-state index < -0.39 is 66.0 Å². The molecule has 0 aromatic heterocycles. The maximum atomic E-state index is 12.7. The Labute approximate surface area is 188 Å². The minimum absolute atomic E-state index is 0.157. The standard InChI is InChI=1S/C20H24N2O11/c1-10(23)21(14-5-7-15(8-6-14)22(28)29)17-16(9-30-11(2)24)33-20(27)19(32-13(4)26)18(17)31-12(3)25/h5-8,16-20,27H,9H2,1-4H3/t16-,17+,18+,19-,20-/m1/s1. The van der Waals surface area contributed by atoms with Crippen molar-refractivity contribution in [2.45, 2.75) is 58.3 Å². The second-order valence-electron chi connectivity index (χ2n) is 7.17. The van der Waals surface area contributed by atoms with Crippen molar-refractivity contribution < 1.29 is 48.2 Å². The van der Waals surface area contributed by atoms with Crippen LogP contribution in [-0.4, -0.2) is 71.1 Å². The SMILES string of the molecule is CC(=O)OC[C@H]1O[C@@H](O)[C@H](OC(C)=O)[C@@H](OC(C)=O)[C@H]1N(C(C)=O)c1ccc([N+](=O)[O-])cc1. The fraction of sp³-hybridized carbons (Fsp3) is 0.500. The Morgan fingerprint density at radius 3 is 2.00 bits per heavy atom. The molecule has 0 aliphatic carbocycles. The van der Waals surface area contributed by atoms with E-state index in [-0.39, 0.29) is 11.4 Å². The van der Waals surface area contributed by atoms with Crippen molar-refractivity contribution in [1.29, 1.82) is 0 Å². The topological polar surface area (TPSA) is 172 Å². The average molecular weight is 468 g/mol. The highest BCUT2D eigenvalue weighted by Crippen LogP contribution is 2.33. The summed E-state index contributed by atoms with van der Waals surface area (Å²) < 4.78 is 20.9. The van der Waals surface area contributed by atoms with Gasteiger partial charge in [-0.1, -0.05) is 0 Å². The van der Waals surface area contributed by atoms with Crippen LogP contribution in [0.1, 0.15) is 27.7 Å². The van der Waals surface area contributed by atoms with Crippen molar-refractivity contribution in [3.63, 3.8) is 0 Å². The minimum Gasteiger partial charge on any atom is -0.463 e. The first-order chi connectivity index (χ1) is 15.4. The Morgan fingerprint density at radius 1 is 1.00 bits per heavy atom. The Kier molecular flexibility index (Phi) is 8.43. The molecule has 1 N–H and O–H groups in total. The second kappa shape index (κ2) is 10.8. The molecule has 33 heavy (non-hydrogen) atoms. The fourth-order valence-corrected chi connectivity index (χ4v) is 3.50. The molecule has 1 amide bonds. The molecule has 180 valence electrons. The van der Waals surface area contributed by atoms with Gasteiger partial charge in [-0.25, -0.2) is 0 Å². The Bertz CT molecular complexity index is 917. The number of rotatable bonds is 7. The predicted octanol–water partition coefficient (Wildman–Crippen LogP) is 0.460. The van der Waals surface area contributed by atoms with E-state index in [0.29, 0.717) is 0 Å². The summed E-state index contributed by atoms with van der Waals surface area (Å²) in [6.07, 6.45) is -5.96. The van der Waals surface area contributed by atoms with Crippen molar-refractivity contribution in [2.75, 3.05) is 11.5 Å². The predicted molar refractivity (Wildman–Crippen MR) is 109 cm³/mol. The molecule has 1 fully saturated rings. The quantitative estimate of drug-likeness (QED) is 0.255. The first kappa shape index (κ1) is 25.7. The van der Waals surface area contributed by atoms with Crippen LogP contribution in [0.4, 0.5) is 11.4 Å². The summed E-state index contributed by atoms with van der Waals surface area (Å²) in [6, 6.07) is 3.66. The number of benzene rings is 1. The van der Waals surface area contributed by atoms with Gasteiger partial charge in [0, 0.05) is 45.5 Å². The molecule has 1 aliphatic heterocycles. The van der Waals surface area contributed by atoms with E-state index in [4.69, 9.17) is 18.9 Å².